The molecule has 0 spiro atoms. The number of aliphatic hydroxyl groups is 1. The Hall–Kier alpha value is -1.51. The first-order chi connectivity index (χ1) is 9.03. The van der Waals surface area contributed by atoms with Gasteiger partial charge in [0.2, 0.25) is 10.0 Å². The van der Waals surface area contributed by atoms with Crippen molar-refractivity contribution in [3.8, 4) is 11.8 Å². The molecule has 4 nitrogen and oxygen atoms in total. The van der Waals surface area contributed by atoms with Crippen molar-refractivity contribution in [2.75, 3.05) is 23.2 Å². The van der Waals surface area contributed by atoms with Gasteiger partial charge in [-0.05, 0) is 43.5 Å². The van der Waals surface area contributed by atoms with Gasteiger partial charge in [0.05, 0.1) is 11.4 Å². The molecule has 5 heteroatoms. The number of rotatable bonds is 1. The molecule has 1 fully saturated rings. The minimum Gasteiger partial charge on any atom is -0.384 e. The lowest BCUT2D eigenvalue weighted by Crippen LogP contribution is -2.37. The second-order valence-electron chi connectivity index (χ2n) is 4.61. The van der Waals surface area contributed by atoms with E-state index in [1.807, 2.05) is 19.1 Å². The molecule has 1 aliphatic rings. The zero-order valence-electron chi connectivity index (χ0n) is 10.9. The summed E-state index contributed by atoms with van der Waals surface area (Å²) in [6.07, 6.45) is 1.60. The molecule has 0 radical (unpaired) electrons. The molecular weight excluding hydrogens is 262 g/mol. The highest BCUT2D eigenvalue weighted by molar-refractivity contribution is 7.92. The Morgan fingerprint density at radius 1 is 1.32 bits per heavy atom. The Labute approximate surface area is 114 Å². The van der Waals surface area contributed by atoms with Gasteiger partial charge in [0.25, 0.3) is 0 Å². The summed E-state index contributed by atoms with van der Waals surface area (Å²) in [7, 11) is -3.19. The maximum atomic E-state index is 12.1. The van der Waals surface area contributed by atoms with Gasteiger partial charge in [-0.1, -0.05) is 11.8 Å². The maximum absolute atomic E-state index is 12.1. The zero-order chi connectivity index (χ0) is 13.9. The van der Waals surface area contributed by atoms with E-state index in [9.17, 15) is 8.42 Å². The number of aliphatic hydroxyl groups excluding tert-OH is 1. The average molecular weight is 279 g/mol. The molecule has 1 saturated heterocycles. The van der Waals surface area contributed by atoms with Gasteiger partial charge in [0, 0.05) is 12.1 Å². The van der Waals surface area contributed by atoms with Gasteiger partial charge in [-0.25, -0.2) is 8.42 Å². The summed E-state index contributed by atoms with van der Waals surface area (Å²) in [5.74, 6) is 5.61. The molecule has 1 aromatic rings. The van der Waals surface area contributed by atoms with E-state index in [0.717, 1.165) is 24.0 Å². The smallest absolute Gasteiger partial charge is 0.235 e. The fourth-order valence-corrected chi connectivity index (χ4v) is 3.82. The molecule has 2 rings (SSSR count). The highest BCUT2D eigenvalue weighted by Gasteiger charge is 2.26. The largest absolute Gasteiger partial charge is 0.384 e. The maximum Gasteiger partial charge on any atom is 0.235 e. The predicted molar refractivity (Wildman–Crippen MR) is 75.5 cm³/mol. The molecule has 0 unspecified atom stereocenters. The number of aryl methyl sites for hydroxylation is 1. The van der Waals surface area contributed by atoms with Crippen LogP contribution in [0.5, 0.6) is 0 Å². The molecule has 1 heterocycles. The number of nitrogens with zero attached hydrogens (tertiary/aromatic N) is 1. The minimum absolute atomic E-state index is 0.203. The topological polar surface area (TPSA) is 57.6 Å². The molecule has 0 bridgehead atoms. The summed E-state index contributed by atoms with van der Waals surface area (Å²) in [5, 5.41) is 8.72. The summed E-state index contributed by atoms with van der Waals surface area (Å²) in [5.41, 5.74) is 2.35. The molecule has 1 aliphatic heterocycles. The molecule has 0 saturated carbocycles. The van der Waals surface area contributed by atoms with Crippen molar-refractivity contribution in [3.05, 3.63) is 29.3 Å². The zero-order valence-corrected chi connectivity index (χ0v) is 11.7. The lowest BCUT2D eigenvalue weighted by Gasteiger charge is -2.28. The third-order valence-electron chi connectivity index (χ3n) is 3.01. The number of sulfonamides is 1. The molecule has 0 amide bonds. The first kappa shape index (κ1) is 13.9. The Bertz CT molecular complexity index is 626. The Morgan fingerprint density at radius 3 is 2.79 bits per heavy atom. The van der Waals surface area contributed by atoms with Crippen molar-refractivity contribution < 1.29 is 13.5 Å². The van der Waals surface area contributed by atoms with E-state index in [2.05, 4.69) is 11.8 Å². The lowest BCUT2D eigenvalue weighted by atomic mass is 10.1. The van der Waals surface area contributed by atoms with Crippen molar-refractivity contribution in [2.24, 2.45) is 0 Å². The van der Waals surface area contributed by atoms with Gasteiger partial charge in [0.15, 0.2) is 0 Å². The molecule has 19 heavy (non-hydrogen) atoms. The van der Waals surface area contributed by atoms with Crippen LogP contribution in [0.15, 0.2) is 18.2 Å². The fourth-order valence-electron chi connectivity index (χ4n) is 2.20. The number of hydrogen-bond donors (Lipinski definition) is 1. The Balaban J connectivity index is 2.41. The first-order valence-electron chi connectivity index (χ1n) is 6.25. The van der Waals surface area contributed by atoms with E-state index in [-0.39, 0.29) is 12.4 Å². The van der Waals surface area contributed by atoms with E-state index in [1.54, 1.807) is 6.07 Å². The first-order valence-corrected chi connectivity index (χ1v) is 7.86. The normalized spacial score (nSPS) is 17.7. The molecule has 0 atom stereocenters. The van der Waals surface area contributed by atoms with Crippen LogP contribution in [-0.2, 0) is 10.0 Å². The van der Waals surface area contributed by atoms with Gasteiger partial charge in [-0.2, -0.15) is 0 Å². The van der Waals surface area contributed by atoms with Crippen molar-refractivity contribution in [3.63, 3.8) is 0 Å². The van der Waals surface area contributed by atoms with Gasteiger partial charge >= 0.3 is 0 Å². The fraction of sp³-hybridized carbons (Fsp3) is 0.429. The van der Waals surface area contributed by atoms with Gasteiger partial charge < -0.3 is 5.11 Å². The molecule has 0 aliphatic carbocycles. The summed E-state index contributed by atoms with van der Waals surface area (Å²) < 4.78 is 25.6. The number of hydrogen-bond acceptors (Lipinski definition) is 3. The molecule has 1 N–H and O–H groups in total. The van der Waals surface area contributed by atoms with E-state index in [1.165, 1.54) is 4.31 Å². The van der Waals surface area contributed by atoms with Crippen LogP contribution in [0.1, 0.15) is 24.0 Å². The number of anilines is 1. The summed E-state index contributed by atoms with van der Waals surface area (Å²) in [6.45, 7) is 2.23. The van der Waals surface area contributed by atoms with Crippen LogP contribution in [0.3, 0.4) is 0 Å². The highest BCUT2D eigenvalue weighted by Crippen LogP contribution is 2.25. The third-order valence-corrected chi connectivity index (χ3v) is 4.88. The van der Waals surface area contributed by atoms with Crippen LogP contribution in [0.4, 0.5) is 5.69 Å². The summed E-state index contributed by atoms with van der Waals surface area (Å²) in [4.78, 5) is 0. The lowest BCUT2D eigenvalue weighted by molar-refractivity contribution is 0.350. The van der Waals surface area contributed by atoms with Crippen LogP contribution in [0, 0.1) is 18.8 Å². The second kappa shape index (κ2) is 5.64. The summed E-state index contributed by atoms with van der Waals surface area (Å²) >= 11 is 0. The van der Waals surface area contributed by atoms with Crippen molar-refractivity contribution >= 4 is 15.7 Å². The van der Waals surface area contributed by atoms with E-state index in [4.69, 9.17) is 5.11 Å². The second-order valence-corrected chi connectivity index (χ2v) is 6.63. The van der Waals surface area contributed by atoms with Crippen LogP contribution in [0.2, 0.25) is 0 Å². The van der Waals surface area contributed by atoms with Crippen molar-refractivity contribution in [1.29, 1.82) is 0 Å². The molecule has 102 valence electrons. The van der Waals surface area contributed by atoms with Crippen molar-refractivity contribution in [1.82, 2.24) is 0 Å². The van der Waals surface area contributed by atoms with Crippen LogP contribution in [-0.4, -0.2) is 32.4 Å². The Morgan fingerprint density at radius 2 is 2.11 bits per heavy atom. The standard InChI is InChI=1S/C14H17NO3S/c1-12-9-13(5-4-7-16)11-14(10-12)15-6-2-3-8-19(15,17)18/h9-11,16H,2-3,6-8H2,1H3. The Kier molecular flexibility index (Phi) is 4.13. The highest BCUT2D eigenvalue weighted by atomic mass is 32.2. The van der Waals surface area contributed by atoms with Gasteiger partial charge in [-0.15, -0.1) is 0 Å². The minimum atomic E-state index is -3.19. The van der Waals surface area contributed by atoms with E-state index < -0.39 is 10.0 Å². The van der Waals surface area contributed by atoms with Crippen LogP contribution in [0.25, 0.3) is 0 Å². The quantitative estimate of drug-likeness (QED) is 0.788. The van der Waals surface area contributed by atoms with Crippen LogP contribution < -0.4 is 4.31 Å². The monoisotopic (exact) mass is 279 g/mol. The van der Waals surface area contributed by atoms with Gasteiger partial charge in [-0.3, -0.25) is 4.31 Å². The van der Waals surface area contributed by atoms with E-state index >= 15 is 0 Å². The average Bonchev–Trinajstić information content (AvgIpc) is 2.35. The molecule has 0 aromatic heterocycles. The summed E-state index contributed by atoms with van der Waals surface area (Å²) in [6, 6.07) is 5.49. The predicted octanol–water partition coefficient (Wildman–Crippen LogP) is 1.27. The third kappa shape index (κ3) is 3.28. The number of benzene rings is 1. The van der Waals surface area contributed by atoms with Crippen LogP contribution >= 0.6 is 0 Å². The molecular formula is C14H17NO3S. The van der Waals surface area contributed by atoms with Crippen molar-refractivity contribution in [2.45, 2.75) is 19.8 Å². The van der Waals surface area contributed by atoms with E-state index in [0.29, 0.717) is 12.2 Å². The molecule has 1 aromatic carbocycles. The van der Waals surface area contributed by atoms with Gasteiger partial charge in [0.1, 0.15) is 6.61 Å². The SMILES string of the molecule is Cc1cc(C#CCO)cc(N2CCCCS2(=O)=O)c1.